The molecule has 0 aromatic heterocycles. The topological polar surface area (TPSA) is 17.1 Å². The van der Waals surface area contributed by atoms with Crippen molar-refractivity contribution in [1.82, 2.24) is 0 Å². The zero-order valence-electron chi connectivity index (χ0n) is 5.91. The molecule has 0 aliphatic carbocycles. The molecule has 0 unspecified atom stereocenters. The third-order valence-corrected chi connectivity index (χ3v) is 1.28. The first kappa shape index (κ1) is 11.2. The molecule has 0 radical (unpaired) electrons. The Morgan fingerprint density at radius 3 is 1.33 bits per heavy atom. The minimum Gasteiger partial charge on any atom is -0.295 e. The Hall–Kier alpha value is -0.590. The van der Waals surface area contributed by atoms with Gasteiger partial charge in [0.05, 0.1) is 0 Å². The zero-order valence-corrected chi connectivity index (χ0v) is 5.91. The van der Waals surface area contributed by atoms with Crippen LogP contribution in [0.3, 0.4) is 0 Å². The molecule has 0 N–H and O–H groups in total. The summed E-state index contributed by atoms with van der Waals surface area (Å²) >= 11 is 0. The number of rotatable bonds is 1. The number of carbonyl (C=O) groups excluding carboxylic acids is 1. The lowest BCUT2D eigenvalue weighted by molar-refractivity contribution is -0.113. The molecule has 0 saturated heterocycles. The van der Waals surface area contributed by atoms with Gasteiger partial charge in [-0.15, -0.1) is 0 Å². The SMILES string of the molecule is C.CC(=O)C(C)=C(C)C. The highest BCUT2D eigenvalue weighted by atomic mass is 16.1. The molecule has 0 rings (SSSR count). The Morgan fingerprint density at radius 1 is 1.00 bits per heavy atom. The lowest BCUT2D eigenvalue weighted by atomic mass is 10.1. The van der Waals surface area contributed by atoms with Gasteiger partial charge in [-0.2, -0.15) is 0 Å². The van der Waals surface area contributed by atoms with Crippen molar-refractivity contribution in [3.63, 3.8) is 0 Å². The Labute approximate surface area is 57.8 Å². The highest BCUT2D eigenvalue weighted by Gasteiger charge is 1.95. The van der Waals surface area contributed by atoms with E-state index in [4.69, 9.17) is 0 Å². The van der Waals surface area contributed by atoms with Crippen molar-refractivity contribution >= 4 is 5.78 Å². The van der Waals surface area contributed by atoms with E-state index in [0.29, 0.717) is 0 Å². The molecule has 0 aromatic rings. The van der Waals surface area contributed by atoms with Crippen molar-refractivity contribution in [2.75, 3.05) is 0 Å². The van der Waals surface area contributed by atoms with Gasteiger partial charge in [-0.25, -0.2) is 0 Å². The van der Waals surface area contributed by atoms with Crippen LogP contribution < -0.4 is 0 Å². The number of ketones is 1. The van der Waals surface area contributed by atoms with Crippen molar-refractivity contribution in [2.24, 2.45) is 0 Å². The third kappa shape index (κ3) is 3.95. The van der Waals surface area contributed by atoms with Crippen molar-refractivity contribution in [3.8, 4) is 0 Å². The lowest BCUT2D eigenvalue weighted by Gasteiger charge is -1.94. The molecule has 0 amide bonds. The highest BCUT2D eigenvalue weighted by molar-refractivity contribution is 5.93. The molecule has 54 valence electrons. The van der Waals surface area contributed by atoms with Gasteiger partial charge in [0.1, 0.15) is 0 Å². The molecule has 0 aliphatic heterocycles. The van der Waals surface area contributed by atoms with E-state index in [2.05, 4.69) is 0 Å². The van der Waals surface area contributed by atoms with E-state index in [-0.39, 0.29) is 13.2 Å². The second-order valence-electron chi connectivity index (χ2n) is 2.18. The number of hydrogen-bond donors (Lipinski definition) is 0. The lowest BCUT2D eigenvalue weighted by Crippen LogP contribution is -1.92. The van der Waals surface area contributed by atoms with Gasteiger partial charge in [-0.3, -0.25) is 4.79 Å². The molecule has 1 heteroatoms. The first-order chi connectivity index (χ1) is 3.55. The van der Waals surface area contributed by atoms with Gasteiger partial charge >= 0.3 is 0 Å². The fourth-order valence-electron chi connectivity index (χ4n) is 0.352. The van der Waals surface area contributed by atoms with Gasteiger partial charge < -0.3 is 0 Å². The number of carbonyl (C=O) groups is 1. The Bertz CT molecular complexity index is 128. The molecular weight excluding hydrogens is 112 g/mol. The maximum atomic E-state index is 10.5. The summed E-state index contributed by atoms with van der Waals surface area (Å²) in [4.78, 5) is 10.5. The smallest absolute Gasteiger partial charge is 0.155 e. The average Bonchev–Trinajstić information content (AvgIpc) is 1.64. The van der Waals surface area contributed by atoms with Crippen LogP contribution in [-0.2, 0) is 4.79 Å². The molecule has 0 fully saturated rings. The fourth-order valence-corrected chi connectivity index (χ4v) is 0.352. The van der Waals surface area contributed by atoms with Gasteiger partial charge in [0, 0.05) is 0 Å². The standard InChI is InChI=1S/C7H12O.CH4/c1-5(2)6(3)7(4)8;/h1-4H3;1H4. The average molecular weight is 128 g/mol. The predicted octanol–water partition coefficient (Wildman–Crippen LogP) is 2.57. The molecule has 0 bridgehead atoms. The van der Waals surface area contributed by atoms with Crippen LogP contribution >= 0.6 is 0 Å². The maximum absolute atomic E-state index is 10.5. The van der Waals surface area contributed by atoms with Crippen LogP contribution in [0.1, 0.15) is 35.1 Å². The fraction of sp³-hybridized carbons (Fsp3) is 0.625. The minimum atomic E-state index is 0. The molecule has 0 spiro atoms. The van der Waals surface area contributed by atoms with E-state index in [0.717, 1.165) is 11.1 Å². The number of allylic oxidation sites excluding steroid dienone is 2. The normalized spacial score (nSPS) is 7.56. The van der Waals surface area contributed by atoms with Crippen molar-refractivity contribution in [3.05, 3.63) is 11.1 Å². The molecule has 0 saturated carbocycles. The number of hydrogen-bond acceptors (Lipinski definition) is 1. The first-order valence-corrected chi connectivity index (χ1v) is 2.70. The van der Waals surface area contributed by atoms with E-state index >= 15 is 0 Å². The molecule has 0 aliphatic rings. The molecule has 9 heavy (non-hydrogen) atoms. The summed E-state index contributed by atoms with van der Waals surface area (Å²) in [7, 11) is 0. The summed E-state index contributed by atoms with van der Waals surface area (Å²) in [5, 5.41) is 0. The van der Waals surface area contributed by atoms with E-state index in [1.165, 1.54) is 0 Å². The molecule has 0 aromatic carbocycles. The Kier molecular flexibility index (Phi) is 5.38. The van der Waals surface area contributed by atoms with Crippen LogP contribution in [0.15, 0.2) is 11.1 Å². The quantitative estimate of drug-likeness (QED) is 0.496. The van der Waals surface area contributed by atoms with E-state index in [1.54, 1.807) is 6.92 Å². The largest absolute Gasteiger partial charge is 0.295 e. The van der Waals surface area contributed by atoms with E-state index in [9.17, 15) is 4.79 Å². The minimum absolute atomic E-state index is 0. The van der Waals surface area contributed by atoms with Crippen LogP contribution in [0.25, 0.3) is 0 Å². The summed E-state index contributed by atoms with van der Waals surface area (Å²) in [6.45, 7) is 7.31. The molecule has 0 heterocycles. The predicted molar refractivity (Wildman–Crippen MR) is 41.5 cm³/mol. The zero-order chi connectivity index (χ0) is 6.73. The van der Waals surface area contributed by atoms with Crippen LogP contribution in [0.5, 0.6) is 0 Å². The van der Waals surface area contributed by atoms with Crippen molar-refractivity contribution in [2.45, 2.75) is 35.1 Å². The summed E-state index contributed by atoms with van der Waals surface area (Å²) in [5.41, 5.74) is 1.99. The Morgan fingerprint density at radius 2 is 1.33 bits per heavy atom. The number of Topliss-reactive ketones (excluding diaryl/α,β-unsaturated/α-hetero) is 1. The van der Waals surface area contributed by atoms with Gasteiger partial charge in [0.2, 0.25) is 0 Å². The highest BCUT2D eigenvalue weighted by Crippen LogP contribution is 2.01. The maximum Gasteiger partial charge on any atom is 0.155 e. The first-order valence-electron chi connectivity index (χ1n) is 2.70. The monoisotopic (exact) mass is 128 g/mol. The summed E-state index contributed by atoms with van der Waals surface area (Å²) < 4.78 is 0. The second-order valence-corrected chi connectivity index (χ2v) is 2.18. The van der Waals surface area contributed by atoms with Gasteiger partial charge in [0.25, 0.3) is 0 Å². The third-order valence-electron chi connectivity index (χ3n) is 1.28. The van der Waals surface area contributed by atoms with Crippen LogP contribution in [0, 0.1) is 0 Å². The van der Waals surface area contributed by atoms with Crippen molar-refractivity contribution in [1.29, 1.82) is 0 Å². The van der Waals surface area contributed by atoms with Gasteiger partial charge in [0.15, 0.2) is 5.78 Å². The van der Waals surface area contributed by atoms with E-state index < -0.39 is 0 Å². The van der Waals surface area contributed by atoms with Gasteiger partial charge in [-0.1, -0.05) is 13.0 Å². The summed E-state index contributed by atoms with van der Waals surface area (Å²) in [6, 6.07) is 0. The van der Waals surface area contributed by atoms with Crippen LogP contribution in [0.4, 0.5) is 0 Å². The Balaban J connectivity index is 0. The van der Waals surface area contributed by atoms with E-state index in [1.807, 2.05) is 20.8 Å². The van der Waals surface area contributed by atoms with Crippen LogP contribution in [-0.4, -0.2) is 5.78 Å². The molecule has 1 nitrogen and oxygen atoms in total. The van der Waals surface area contributed by atoms with Gasteiger partial charge in [-0.05, 0) is 33.3 Å². The van der Waals surface area contributed by atoms with Crippen LogP contribution in [0.2, 0.25) is 0 Å². The summed E-state index contributed by atoms with van der Waals surface area (Å²) in [6.07, 6.45) is 0. The molecular formula is C8H16O. The summed E-state index contributed by atoms with van der Waals surface area (Å²) in [5.74, 6) is 0.171. The second kappa shape index (κ2) is 4.30. The van der Waals surface area contributed by atoms with Crippen molar-refractivity contribution < 1.29 is 4.79 Å². The molecule has 0 atom stereocenters.